The predicted octanol–water partition coefficient (Wildman–Crippen LogP) is 2.31. The number of hydrogen-bond donors (Lipinski definition) is 1. The van der Waals surface area contributed by atoms with E-state index < -0.39 is 0 Å². The molecule has 1 saturated heterocycles. The van der Waals surface area contributed by atoms with Crippen LogP contribution in [0.4, 0.5) is 0 Å². The van der Waals surface area contributed by atoms with Crippen LogP contribution in [0.25, 0.3) is 10.8 Å². The number of pyridine rings is 1. The Hall–Kier alpha value is -1.59. The van der Waals surface area contributed by atoms with Gasteiger partial charge in [0.1, 0.15) is 5.03 Å². The van der Waals surface area contributed by atoms with Gasteiger partial charge >= 0.3 is 0 Å². The molecule has 0 saturated carbocycles. The average Bonchev–Trinajstić information content (AvgIpc) is 3.01. The zero-order chi connectivity index (χ0) is 14.7. The van der Waals surface area contributed by atoms with Crippen molar-refractivity contribution in [3.05, 3.63) is 36.5 Å². The van der Waals surface area contributed by atoms with E-state index in [2.05, 4.69) is 4.98 Å². The molecule has 4 nitrogen and oxygen atoms in total. The summed E-state index contributed by atoms with van der Waals surface area (Å²) in [5.74, 6) is 0.462. The van der Waals surface area contributed by atoms with Crippen LogP contribution in [0.1, 0.15) is 12.8 Å². The Bertz CT molecular complexity index is 642. The molecule has 0 unspecified atom stereocenters. The summed E-state index contributed by atoms with van der Waals surface area (Å²) in [6.45, 7) is 0.816. The van der Waals surface area contributed by atoms with Crippen LogP contribution < -0.4 is 0 Å². The van der Waals surface area contributed by atoms with Crippen molar-refractivity contribution >= 4 is 28.4 Å². The first kappa shape index (κ1) is 14.4. The second-order valence-electron chi connectivity index (χ2n) is 5.19. The Morgan fingerprint density at radius 3 is 3.10 bits per heavy atom. The van der Waals surface area contributed by atoms with Crippen molar-refractivity contribution in [2.45, 2.75) is 23.9 Å². The number of rotatable bonds is 4. The van der Waals surface area contributed by atoms with Gasteiger partial charge in [0.15, 0.2) is 0 Å². The molecule has 1 N–H and O–H groups in total. The fraction of sp³-hybridized carbons (Fsp3) is 0.375. The number of likely N-dealkylation sites (tertiary alicyclic amines) is 1. The minimum atomic E-state index is -0.00132. The van der Waals surface area contributed by atoms with E-state index in [9.17, 15) is 9.90 Å². The van der Waals surface area contributed by atoms with Gasteiger partial charge in [-0.05, 0) is 24.3 Å². The van der Waals surface area contributed by atoms with E-state index in [1.807, 2.05) is 30.3 Å². The molecule has 21 heavy (non-hydrogen) atoms. The molecule has 5 heteroatoms. The van der Waals surface area contributed by atoms with Gasteiger partial charge in [0.2, 0.25) is 5.91 Å². The summed E-state index contributed by atoms with van der Waals surface area (Å²) in [7, 11) is 0. The summed E-state index contributed by atoms with van der Waals surface area (Å²) in [5, 5.41) is 12.4. The summed E-state index contributed by atoms with van der Waals surface area (Å²) in [5.41, 5.74) is 0. The number of nitrogens with zero attached hydrogens (tertiary/aromatic N) is 2. The maximum absolute atomic E-state index is 12.3. The lowest BCUT2D eigenvalue weighted by Gasteiger charge is -2.22. The highest BCUT2D eigenvalue weighted by Gasteiger charge is 2.27. The third kappa shape index (κ3) is 3.04. The third-order valence-corrected chi connectivity index (χ3v) is 4.87. The molecule has 0 bridgehead atoms. The molecule has 0 radical (unpaired) electrons. The normalized spacial score (nSPS) is 18.3. The number of aliphatic hydroxyl groups is 1. The Morgan fingerprint density at radius 2 is 2.24 bits per heavy atom. The minimum absolute atomic E-state index is 0.00132. The molecule has 1 aromatic heterocycles. The SMILES string of the molecule is O=C(CSc1nccc2ccccc12)N1CCC[C@@H]1CO. The first-order chi connectivity index (χ1) is 10.3. The number of benzene rings is 1. The second kappa shape index (κ2) is 6.45. The van der Waals surface area contributed by atoms with Gasteiger partial charge in [-0.25, -0.2) is 4.98 Å². The molecule has 110 valence electrons. The molecule has 2 aromatic rings. The van der Waals surface area contributed by atoms with Crippen LogP contribution in [-0.2, 0) is 4.79 Å². The van der Waals surface area contributed by atoms with Crippen molar-refractivity contribution in [1.29, 1.82) is 0 Å². The molecule has 1 amide bonds. The molecule has 3 rings (SSSR count). The Morgan fingerprint density at radius 1 is 1.38 bits per heavy atom. The maximum atomic E-state index is 12.3. The van der Waals surface area contributed by atoms with Gasteiger partial charge in [-0.15, -0.1) is 0 Å². The standard InChI is InChI=1S/C16H18N2O2S/c19-10-13-5-3-9-18(13)15(20)11-21-16-14-6-2-1-4-12(14)7-8-17-16/h1-2,4,6-8,13,19H,3,5,9-11H2/t13-/m1/s1. The Kier molecular flexibility index (Phi) is 4.41. The number of carbonyl (C=O) groups is 1. The highest BCUT2D eigenvalue weighted by atomic mass is 32.2. The van der Waals surface area contributed by atoms with Crippen LogP contribution in [0.15, 0.2) is 41.6 Å². The van der Waals surface area contributed by atoms with Gasteiger partial charge in [0.05, 0.1) is 18.4 Å². The van der Waals surface area contributed by atoms with Crippen molar-refractivity contribution in [2.75, 3.05) is 18.9 Å². The lowest BCUT2D eigenvalue weighted by molar-refractivity contribution is -0.129. The highest BCUT2D eigenvalue weighted by Crippen LogP contribution is 2.26. The van der Waals surface area contributed by atoms with Crippen molar-refractivity contribution in [3.8, 4) is 0 Å². The van der Waals surface area contributed by atoms with Crippen molar-refractivity contribution < 1.29 is 9.90 Å². The molecule has 1 aliphatic rings. The van der Waals surface area contributed by atoms with Gasteiger partial charge in [-0.3, -0.25) is 4.79 Å². The zero-order valence-corrected chi connectivity index (χ0v) is 12.6. The average molecular weight is 302 g/mol. The topological polar surface area (TPSA) is 53.4 Å². The predicted molar refractivity (Wildman–Crippen MR) is 84.3 cm³/mol. The van der Waals surface area contributed by atoms with Crippen molar-refractivity contribution in [2.24, 2.45) is 0 Å². The fourth-order valence-corrected chi connectivity index (χ4v) is 3.68. The van der Waals surface area contributed by atoms with E-state index in [1.54, 1.807) is 11.1 Å². The molecule has 1 aromatic carbocycles. The molecule has 1 atom stereocenters. The number of amides is 1. The van der Waals surface area contributed by atoms with E-state index in [0.29, 0.717) is 5.75 Å². The lowest BCUT2D eigenvalue weighted by Crippen LogP contribution is -2.38. The molecular weight excluding hydrogens is 284 g/mol. The van der Waals surface area contributed by atoms with E-state index in [4.69, 9.17) is 0 Å². The number of fused-ring (bicyclic) bond motifs is 1. The second-order valence-corrected chi connectivity index (χ2v) is 6.16. The van der Waals surface area contributed by atoms with Crippen molar-refractivity contribution in [1.82, 2.24) is 9.88 Å². The van der Waals surface area contributed by atoms with E-state index in [-0.39, 0.29) is 18.6 Å². The molecule has 0 spiro atoms. The minimum Gasteiger partial charge on any atom is -0.394 e. The van der Waals surface area contributed by atoms with Crippen LogP contribution >= 0.6 is 11.8 Å². The van der Waals surface area contributed by atoms with Crippen LogP contribution in [-0.4, -0.2) is 45.8 Å². The summed E-state index contributed by atoms with van der Waals surface area (Å²) in [6.07, 6.45) is 3.66. The summed E-state index contributed by atoms with van der Waals surface area (Å²) >= 11 is 1.47. The third-order valence-electron chi connectivity index (χ3n) is 3.88. The van der Waals surface area contributed by atoms with Gasteiger partial charge < -0.3 is 10.0 Å². The molecular formula is C16H18N2O2S. The number of thioether (sulfide) groups is 1. The Balaban J connectivity index is 1.70. The van der Waals surface area contributed by atoms with Gasteiger partial charge in [0.25, 0.3) is 0 Å². The van der Waals surface area contributed by atoms with E-state index >= 15 is 0 Å². The lowest BCUT2D eigenvalue weighted by atomic mass is 10.2. The Labute approximate surface area is 128 Å². The maximum Gasteiger partial charge on any atom is 0.233 e. The number of carbonyl (C=O) groups excluding carboxylic acids is 1. The highest BCUT2D eigenvalue weighted by molar-refractivity contribution is 8.00. The fourth-order valence-electron chi connectivity index (χ4n) is 2.77. The van der Waals surface area contributed by atoms with Gasteiger partial charge in [-0.2, -0.15) is 0 Å². The zero-order valence-electron chi connectivity index (χ0n) is 11.7. The van der Waals surface area contributed by atoms with Crippen LogP contribution in [0.5, 0.6) is 0 Å². The van der Waals surface area contributed by atoms with Crippen molar-refractivity contribution in [3.63, 3.8) is 0 Å². The van der Waals surface area contributed by atoms with Crippen LogP contribution in [0, 0.1) is 0 Å². The quantitative estimate of drug-likeness (QED) is 0.881. The monoisotopic (exact) mass is 302 g/mol. The molecule has 2 heterocycles. The first-order valence-corrected chi connectivity index (χ1v) is 8.15. The van der Waals surface area contributed by atoms with Gasteiger partial charge in [-0.1, -0.05) is 36.0 Å². The van der Waals surface area contributed by atoms with Crippen LogP contribution in [0.3, 0.4) is 0 Å². The molecule has 1 fully saturated rings. The largest absolute Gasteiger partial charge is 0.394 e. The molecule has 0 aliphatic carbocycles. The number of aliphatic hydroxyl groups excluding tert-OH is 1. The number of aromatic nitrogens is 1. The summed E-state index contributed by atoms with van der Waals surface area (Å²) in [6, 6.07) is 10.0. The smallest absolute Gasteiger partial charge is 0.233 e. The van der Waals surface area contributed by atoms with E-state index in [1.165, 1.54) is 11.8 Å². The van der Waals surface area contributed by atoms with Crippen LogP contribution in [0.2, 0.25) is 0 Å². The first-order valence-electron chi connectivity index (χ1n) is 7.16. The number of hydrogen-bond acceptors (Lipinski definition) is 4. The van der Waals surface area contributed by atoms with E-state index in [0.717, 1.165) is 35.2 Å². The molecule has 1 aliphatic heterocycles. The van der Waals surface area contributed by atoms with Gasteiger partial charge in [0, 0.05) is 18.1 Å². The summed E-state index contributed by atoms with van der Waals surface area (Å²) in [4.78, 5) is 18.5. The summed E-state index contributed by atoms with van der Waals surface area (Å²) < 4.78 is 0.